The maximum absolute atomic E-state index is 10.1. The fraction of sp³-hybridized carbons (Fsp3) is 0.438. The molecule has 1 aliphatic carbocycles. The fourth-order valence-corrected chi connectivity index (χ4v) is 2.94. The summed E-state index contributed by atoms with van der Waals surface area (Å²) in [6.45, 7) is 4.97. The van der Waals surface area contributed by atoms with Crippen molar-refractivity contribution in [3.05, 3.63) is 52.6 Å². The zero-order valence-electron chi connectivity index (χ0n) is 11.6. The Morgan fingerprint density at radius 1 is 1.37 bits per heavy atom. The molecule has 1 N–H and O–H groups in total. The van der Waals surface area contributed by atoms with Gasteiger partial charge in [0, 0.05) is 35.4 Å². The molecule has 0 saturated heterocycles. The van der Waals surface area contributed by atoms with E-state index in [1.165, 1.54) is 17.0 Å². The van der Waals surface area contributed by atoms with Gasteiger partial charge in [0.15, 0.2) is 0 Å². The van der Waals surface area contributed by atoms with E-state index in [0.29, 0.717) is 0 Å². The first-order chi connectivity index (χ1) is 9.15. The maximum Gasteiger partial charge on any atom is 0.0807 e. The molecule has 100 valence electrons. The predicted molar refractivity (Wildman–Crippen MR) is 75.1 cm³/mol. The van der Waals surface area contributed by atoms with Crippen LogP contribution < -0.4 is 0 Å². The second kappa shape index (κ2) is 4.82. The van der Waals surface area contributed by atoms with Crippen LogP contribution in [0.25, 0.3) is 0 Å². The summed E-state index contributed by atoms with van der Waals surface area (Å²) >= 11 is 0. The minimum Gasteiger partial charge on any atom is -0.388 e. The van der Waals surface area contributed by atoms with E-state index in [1.54, 1.807) is 0 Å². The molecule has 0 saturated carbocycles. The van der Waals surface area contributed by atoms with Crippen LogP contribution in [0.15, 0.2) is 24.4 Å². The highest BCUT2D eigenvalue weighted by atomic mass is 16.3. The van der Waals surface area contributed by atoms with Crippen molar-refractivity contribution in [2.24, 2.45) is 0 Å². The Morgan fingerprint density at radius 3 is 2.95 bits per heavy atom. The lowest BCUT2D eigenvalue weighted by atomic mass is 9.95. The molecule has 0 radical (unpaired) electrons. The molecule has 0 amide bonds. The molecule has 19 heavy (non-hydrogen) atoms. The molecule has 2 aromatic heterocycles. The van der Waals surface area contributed by atoms with Gasteiger partial charge in [0.25, 0.3) is 0 Å². The number of aromatic nitrogens is 2. The number of hydrogen-bond acceptors (Lipinski definition) is 2. The molecule has 0 bridgehead atoms. The van der Waals surface area contributed by atoms with Crippen molar-refractivity contribution < 1.29 is 5.11 Å². The van der Waals surface area contributed by atoms with Crippen LogP contribution in [0.2, 0.25) is 0 Å². The van der Waals surface area contributed by atoms with Crippen LogP contribution in [-0.4, -0.2) is 14.7 Å². The van der Waals surface area contributed by atoms with Crippen LogP contribution in [0.4, 0.5) is 0 Å². The Bertz CT molecular complexity index is 584. The van der Waals surface area contributed by atoms with Crippen LogP contribution in [0.5, 0.6) is 0 Å². The van der Waals surface area contributed by atoms with Crippen LogP contribution >= 0.6 is 0 Å². The van der Waals surface area contributed by atoms with Crippen molar-refractivity contribution in [1.29, 1.82) is 0 Å². The first-order valence-corrected chi connectivity index (χ1v) is 6.93. The Hall–Kier alpha value is -1.61. The van der Waals surface area contributed by atoms with Gasteiger partial charge in [-0.15, -0.1) is 0 Å². The van der Waals surface area contributed by atoms with Crippen LogP contribution in [0.1, 0.15) is 47.2 Å². The van der Waals surface area contributed by atoms with Crippen molar-refractivity contribution in [2.45, 2.75) is 45.8 Å². The van der Waals surface area contributed by atoms with Crippen molar-refractivity contribution in [2.75, 3.05) is 0 Å². The lowest BCUT2D eigenvalue weighted by Gasteiger charge is -2.20. The number of hydrogen-bond donors (Lipinski definition) is 1. The van der Waals surface area contributed by atoms with Crippen LogP contribution in [0.3, 0.4) is 0 Å². The Morgan fingerprint density at radius 2 is 2.21 bits per heavy atom. The molecular weight excluding hydrogens is 236 g/mol. The van der Waals surface area contributed by atoms with Crippen LogP contribution in [-0.2, 0) is 13.0 Å². The normalized spacial score (nSPS) is 18.4. The van der Waals surface area contributed by atoms with Gasteiger partial charge in [-0.1, -0.05) is 6.07 Å². The van der Waals surface area contributed by atoms with E-state index in [0.717, 1.165) is 37.1 Å². The quantitative estimate of drug-likeness (QED) is 0.897. The van der Waals surface area contributed by atoms with Crippen molar-refractivity contribution in [3.63, 3.8) is 0 Å². The first kappa shape index (κ1) is 12.4. The third kappa shape index (κ3) is 2.30. The largest absolute Gasteiger partial charge is 0.388 e. The third-order valence-corrected chi connectivity index (χ3v) is 4.01. The predicted octanol–water partition coefficient (Wildman–Crippen LogP) is 2.92. The minimum atomic E-state index is -0.278. The van der Waals surface area contributed by atoms with E-state index in [-0.39, 0.29) is 6.10 Å². The molecule has 3 rings (SSSR count). The molecule has 1 aliphatic rings. The van der Waals surface area contributed by atoms with E-state index < -0.39 is 0 Å². The first-order valence-electron chi connectivity index (χ1n) is 6.93. The molecule has 3 nitrogen and oxygen atoms in total. The summed E-state index contributed by atoms with van der Waals surface area (Å²) in [5, 5.41) is 10.1. The highest BCUT2D eigenvalue weighted by Crippen LogP contribution is 2.32. The second-order valence-corrected chi connectivity index (χ2v) is 5.49. The number of pyridine rings is 1. The number of nitrogens with zero attached hydrogens (tertiary/aromatic N) is 2. The highest BCUT2D eigenvalue weighted by Gasteiger charge is 2.22. The number of fused-ring (bicyclic) bond motifs is 1. The monoisotopic (exact) mass is 256 g/mol. The zero-order chi connectivity index (χ0) is 13.4. The number of rotatable bonds is 2. The van der Waals surface area contributed by atoms with E-state index in [2.05, 4.69) is 34.7 Å². The summed E-state index contributed by atoms with van der Waals surface area (Å²) in [5.74, 6) is 0. The van der Waals surface area contributed by atoms with E-state index in [4.69, 9.17) is 0 Å². The van der Waals surface area contributed by atoms with Gasteiger partial charge >= 0.3 is 0 Å². The van der Waals surface area contributed by atoms with Gasteiger partial charge in [-0.2, -0.15) is 0 Å². The van der Waals surface area contributed by atoms with E-state index in [1.807, 2.05) is 13.1 Å². The molecule has 0 aromatic carbocycles. The molecule has 2 aromatic rings. The molecule has 0 spiro atoms. The van der Waals surface area contributed by atoms with E-state index in [9.17, 15) is 5.11 Å². The second-order valence-electron chi connectivity index (χ2n) is 5.49. The van der Waals surface area contributed by atoms with Crippen molar-refractivity contribution in [1.82, 2.24) is 9.55 Å². The number of aryl methyl sites for hydroxylation is 2. The maximum atomic E-state index is 10.1. The summed E-state index contributed by atoms with van der Waals surface area (Å²) in [5.41, 5.74) is 5.92. The van der Waals surface area contributed by atoms with Gasteiger partial charge in [0.2, 0.25) is 0 Å². The third-order valence-electron chi connectivity index (χ3n) is 4.01. The molecule has 0 fully saturated rings. The Balaban J connectivity index is 1.95. The summed E-state index contributed by atoms with van der Waals surface area (Å²) < 4.78 is 2.32. The average Bonchev–Trinajstić information content (AvgIpc) is 2.71. The SMILES string of the molecule is Cc1ccc(Cn2c(C)cc3c2CCCC3O)cn1. The topological polar surface area (TPSA) is 38.0 Å². The lowest BCUT2D eigenvalue weighted by Crippen LogP contribution is -2.13. The fourth-order valence-electron chi connectivity index (χ4n) is 2.94. The summed E-state index contributed by atoms with van der Waals surface area (Å²) in [4.78, 5) is 4.35. The zero-order valence-corrected chi connectivity index (χ0v) is 11.6. The number of aliphatic hydroxyl groups excluding tert-OH is 1. The molecule has 1 atom stereocenters. The van der Waals surface area contributed by atoms with E-state index >= 15 is 0 Å². The highest BCUT2D eigenvalue weighted by molar-refractivity contribution is 5.33. The molecule has 2 heterocycles. The van der Waals surface area contributed by atoms with Gasteiger partial charge in [0.1, 0.15) is 0 Å². The minimum absolute atomic E-state index is 0.278. The lowest BCUT2D eigenvalue weighted by molar-refractivity contribution is 0.156. The average molecular weight is 256 g/mol. The smallest absolute Gasteiger partial charge is 0.0807 e. The van der Waals surface area contributed by atoms with Gasteiger partial charge in [-0.25, -0.2) is 0 Å². The molecule has 1 unspecified atom stereocenters. The molecular formula is C16H20N2O. The van der Waals surface area contributed by atoms with Crippen LogP contribution in [0, 0.1) is 13.8 Å². The molecule has 0 aliphatic heterocycles. The van der Waals surface area contributed by atoms with Gasteiger partial charge in [-0.3, -0.25) is 4.98 Å². The van der Waals surface area contributed by atoms with Gasteiger partial charge in [0.05, 0.1) is 6.10 Å². The van der Waals surface area contributed by atoms with Crippen molar-refractivity contribution >= 4 is 0 Å². The van der Waals surface area contributed by atoms with Gasteiger partial charge in [-0.05, 0) is 50.8 Å². The molecule has 3 heteroatoms. The number of aliphatic hydroxyl groups is 1. The summed E-state index contributed by atoms with van der Waals surface area (Å²) in [6.07, 6.45) is 4.70. The standard InChI is InChI=1S/C16H20N2O/c1-11-6-7-13(9-17-11)10-18-12(2)8-14-15(18)4-3-5-16(14)19/h6-9,16,19H,3-5,10H2,1-2H3. The Kier molecular flexibility index (Phi) is 3.15. The Labute approximate surface area is 113 Å². The van der Waals surface area contributed by atoms with Crippen molar-refractivity contribution in [3.8, 4) is 0 Å². The summed E-state index contributed by atoms with van der Waals surface area (Å²) in [7, 11) is 0. The summed E-state index contributed by atoms with van der Waals surface area (Å²) in [6, 6.07) is 6.32. The van der Waals surface area contributed by atoms with Gasteiger partial charge < -0.3 is 9.67 Å².